The fraction of sp³-hybridized carbons (Fsp3) is 0.350. The maximum Gasteiger partial charge on any atom is 0.277 e. The van der Waals surface area contributed by atoms with Gasteiger partial charge in [0.2, 0.25) is 5.13 Å². The minimum absolute atomic E-state index is 0.122. The van der Waals surface area contributed by atoms with Crippen LogP contribution in [0.1, 0.15) is 52.0 Å². The largest absolute Gasteiger partial charge is 0.351 e. The quantitative estimate of drug-likeness (QED) is 0.613. The van der Waals surface area contributed by atoms with Crippen LogP contribution in [0.4, 0.5) is 0 Å². The normalized spacial score (nSPS) is 10.9. The molecule has 0 aliphatic carbocycles. The number of carbonyl (C=O) groups is 1. The lowest BCUT2D eigenvalue weighted by molar-refractivity contribution is 0.0956. The van der Waals surface area contributed by atoms with E-state index < -0.39 is 0 Å². The fourth-order valence-corrected chi connectivity index (χ4v) is 3.81. The molecular formula is C20H24N4O2S. The molecule has 0 fully saturated rings. The zero-order valence-corrected chi connectivity index (χ0v) is 16.7. The Kier molecular flexibility index (Phi) is 5.91. The molecular weight excluding hydrogens is 360 g/mol. The molecule has 7 heteroatoms. The van der Waals surface area contributed by atoms with Gasteiger partial charge in [-0.05, 0) is 25.8 Å². The third-order valence-corrected chi connectivity index (χ3v) is 5.56. The van der Waals surface area contributed by atoms with Crippen LogP contribution in [0.5, 0.6) is 0 Å². The van der Waals surface area contributed by atoms with Gasteiger partial charge in [0, 0.05) is 24.2 Å². The molecule has 2 heterocycles. The van der Waals surface area contributed by atoms with E-state index in [0.29, 0.717) is 34.2 Å². The second-order valence-electron chi connectivity index (χ2n) is 6.54. The summed E-state index contributed by atoms with van der Waals surface area (Å²) in [6.45, 7) is 6.40. The zero-order chi connectivity index (χ0) is 19.4. The Morgan fingerprint density at radius 1 is 1.26 bits per heavy atom. The highest BCUT2D eigenvalue weighted by Crippen LogP contribution is 2.21. The minimum atomic E-state index is -0.134. The lowest BCUT2D eigenvalue weighted by atomic mass is 10.1. The highest BCUT2D eigenvalue weighted by molar-refractivity contribution is 7.16. The Bertz CT molecular complexity index is 985. The van der Waals surface area contributed by atoms with Crippen LogP contribution >= 0.6 is 11.3 Å². The van der Waals surface area contributed by atoms with Crippen molar-refractivity contribution in [1.29, 1.82) is 0 Å². The van der Waals surface area contributed by atoms with Gasteiger partial charge < -0.3 is 5.32 Å². The first-order valence-corrected chi connectivity index (χ1v) is 9.93. The van der Waals surface area contributed by atoms with E-state index in [-0.39, 0.29) is 11.5 Å². The van der Waals surface area contributed by atoms with E-state index in [1.807, 2.05) is 37.3 Å². The predicted octanol–water partition coefficient (Wildman–Crippen LogP) is 3.36. The van der Waals surface area contributed by atoms with Gasteiger partial charge in [0.15, 0.2) is 0 Å². The molecule has 2 N–H and O–H groups in total. The van der Waals surface area contributed by atoms with Gasteiger partial charge in [-0.3, -0.25) is 14.7 Å². The van der Waals surface area contributed by atoms with Crippen LogP contribution in [0.2, 0.25) is 0 Å². The van der Waals surface area contributed by atoms with Gasteiger partial charge >= 0.3 is 0 Å². The van der Waals surface area contributed by atoms with Gasteiger partial charge in [-0.1, -0.05) is 55.0 Å². The Hall–Kier alpha value is -2.67. The summed E-state index contributed by atoms with van der Waals surface area (Å²) in [6, 6.07) is 9.88. The van der Waals surface area contributed by atoms with Crippen molar-refractivity contribution < 1.29 is 4.79 Å². The average molecular weight is 385 g/mol. The van der Waals surface area contributed by atoms with Crippen molar-refractivity contribution in [2.75, 3.05) is 6.54 Å². The van der Waals surface area contributed by atoms with Crippen molar-refractivity contribution in [3.8, 4) is 5.13 Å². The zero-order valence-electron chi connectivity index (χ0n) is 15.8. The first-order chi connectivity index (χ1) is 13.0. The summed E-state index contributed by atoms with van der Waals surface area (Å²) in [5, 5.41) is 6.49. The summed E-state index contributed by atoms with van der Waals surface area (Å²) in [7, 11) is 0. The summed E-state index contributed by atoms with van der Waals surface area (Å²) in [5.41, 5.74) is 3.11. The SMILES string of the molecule is CCCCNC(=O)c1sc(-n2[nH]c(C)c(Cc3ccccc3)c2=O)nc1C. The highest BCUT2D eigenvalue weighted by Gasteiger charge is 2.19. The smallest absolute Gasteiger partial charge is 0.277 e. The van der Waals surface area contributed by atoms with Crippen LogP contribution < -0.4 is 10.9 Å². The molecule has 3 rings (SSSR count). The Morgan fingerprint density at radius 2 is 2.00 bits per heavy atom. The molecule has 3 aromatic rings. The van der Waals surface area contributed by atoms with Gasteiger partial charge in [0.1, 0.15) is 4.88 Å². The first-order valence-electron chi connectivity index (χ1n) is 9.11. The summed E-state index contributed by atoms with van der Waals surface area (Å²) in [5.74, 6) is -0.134. The standard InChI is InChI=1S/C20H24N4O2S/c1-4-5-11-21-18(25)17-14(3)22-20(27-17)24-19(26)16(13(2)23-24)12-15-9-7-6-8-10-15/h6-10,23H,4-5,11-12H2,1-3H3,(H,21,25). The molecule has 0 spiro atoms. The predicted molar refractivity (Wildman–Crippen MR) is 108 cm³/mol. The van der Waals surface area contributed by atoms with Crippen LogP contribution in [0, 0.1) is 13.8 Å². The van der Waals surface area contributed by atoms with Gasteiger partial charge in [-0.15, -0.1) is 0 Å². The summed E-state index contributed by atoms with van der Waals surface area (Å²) < 4.78 is 1.44. The molecule has 1 amide bonds. The van der Waals surface area contributed by atoms with E-state index in [4.69, 9.17) is 0 Å². The van der Waals surface area contributed by atoms with Crippen LogP contribution in [-0.2, 0) is 6.42 Å². The lowest BCUT2D eigenvalue weighted by Crippen LogP contribution is -2.24. The van der Waals surface area contributed by atoms with E-state index in [9.17, 15) is 9.59 Å². The van der Waals surface area contributed by atoms with E-state index >= 15 is 0 Å². The molecule has 0 atom stereocenters. The Labute approximate surface area is 162 Å². The molecule has 1 aromatic carbocycles. The van der Waals surface area contributed by atoms with Crippen LogP contribution in [0.25, 0.3) is 5.13 Å². The van der Waals surface area contributed by atoms with Gasteiger partial charge in [-0.2, -0.15) is 4.68 Å². The number of hydrogen-bond acceptors (Lipinski definition) is 4. The van der Waals surface area contributed by atoms with E-state index in [1.165, 1.54) is 16.0 Å². The second kappa shape index (κ2) is 8.35. The molecule has 0 unspecified atom stereocenters. The summed E-state index contributed by atoms with van der Waals surface area (Å²) in [4.78, 5) is 30.2. The Morgan fingerprint density at radius 3 is 2.70 bits per heavy atom. The van der Waals surface area contributed by atoms with Crippen molar-refractivity contribution in [3.05, 3.63) is 68.1 Å². The molecule has 2 aromatic heterocycles. The molecule has 0 saturated carbocycles. The maximum absolute atomic E-state index is 12.9. The third-order valence-electron chi connectivity index (χ3n) is 4.42. The van der Waals surface area contributed by atoms with Crippen molar-refractivity contribution >= 4 is 17.2 Å². The number of nitrogens with zero attached hydrogens (tertiary/aromatic N) is 2. The Balaban J connectivity index is 1.87. The number of amides is 1. The minimum Gasteiger partial charge on any atom is -0.351 e. The second-order valence-corrected chi connectivity index (χ2v) is 7.52. The van der Waals surface area contributed by atoms with Crippen molar-refractivity contribution in [2.45, 2.75) is 40.0 Å². The third kappa shape index (κ3) is 4.19. The molecule has 0 bridgehead atoms. The molecule has 0 saturated heterocycles. The molecule has 27 heavy (non-hydrogen) atoms. The van der Waals surface area contributed by atoms with Crippen molar-refractivity contribution in [1.82, 2.24) is 20.1 Å². The van der Waals surface area contributed by atoms with E-state index in [2.05, 4.69) is 22.3 Å². The number of nitrogens with one attached hydrogen (secondary N) is 2. The van der Waals surface area contributed by atoms with Crippen LogP contribution in [-0.4, -0.2) is 27.2 Å². The van der Waals surface area contributed by atoms with Gasteiger partial charge in [0.25, 0.3) is 11.5 Å². The van der Waals surface area contributed by atoms with Crippen LogP contribution in [0.3, 0.4) is 0 Å². The number of unbranched alkanes of at least 4 members (excludes halogenated alkanes) is 1. The number of rotatable bonds is 7. The van der Waals surface area contributed by atoms with E-state index in [0.717, 1.165) is 24.1 Å². The monoisotopic (exact) mass is 384 g/mol. The first kappa shape index (κ1) is 19.1. The molecule has 0 aliphatic heterocycles. The number of hydrogen-bond donors (Lipinski definition) is 2. The number of aryl methyl sites for hydroxylation is 2. The molecule has 142 valence electrons. The van der Waals surface area contributed by atoms with Crippen molar-refractivity contribution in [2.24, 2.45) is 0 Å². The maximum atomic E-state index is 12.9. The van der Waals surface area contributed by atoms with E-state index in [1.54, 1.807) is 6.92 Å². The number of aromatic amines is 1. The van der Waals surface area contributed by atoms with Gasteiger partial charge in [0.05, 0.1) is 5.69 Å². The number of aromatic nitrogens is 3. The number of carbonyl (C=O) groups excluding carboxylic acids is 1. The lowest BCUT2D eigenvalue weighted by Gasteiger charge is -2.01. The summed E-state index contributed by atoms with van der Waals surface area (Å²) in [6.07, 6.45) is 2.52. The number of thiazole rings is 1. The molecule has 0 aliphatic rings. The highest BCUT2D eigenvalue weighted by atomic mass is 32.1. The van der Waals surface area contributed by atoms with Crippen LogP contribution in [0.15, 0.2) is 35.1 Å². The average Bonchev–Trinajstić information content (AvgIpc) is 3.17. The van der Waals surface area contributed by atoms with Gasteiger partial charge in [-0.25, -0.2) is 4.98 Å². The topological polar surface area (TPSA) is 79.8 Å². The molecule has 0 radical (unpaired) electrons. The number of benzene rings is 1. The fourth-order valence-electron chi connectivity index (χ4n) is 2.87. The number of H-pyrrole nitrogens is 1. The summed E-state index contributed by atoms with van der Waals surface area (Å²) >= 11 is 1.23. The van der Waals surface area contributed by atoms with Crippen molar-refractivity contribution in [3.63, 3.8) is 0 Å². The molecule has 6 nitrogen and oxygen atoms in total.